The minimum absolute atomic E-state index is 0.0232. The van der Waals surface area contributed by atoms with Crippen LogP contribution in [0.4, 0.5) is 35.0 Å². The maximum absolute atomic E-state index is 12.8. The normalized spacial score (nSPS) is 15.9. The molecular formula is C22H22F3N3O2. The average Bonchev–Trinajstić information content (AvgIpc) is 2.61. The molecule has 0 unspecified atom stereocenters. The summed E-state index contributed by atoms with van der Waals surface area (Å²) in [6.07, 6.45) is -1.80. The molecule has 30 heavy (non-hydrogen) atoms. The molecule has 0 atom stereocenters. The number of alkyl halides is 3. The molecule has 8 heteroatoms. The zero-order valence-electron chi connectivity index (χ0n) is 16.6. The SMILES string of the molecule is CC1(C)CC(=O)C=C(Nc2ccccc2NC(=O)Nc2cccc(C(F)(F)F)c2)C1. The Kier molecular flexibility index (Phi) is 5.87. The number of anilines is 3. The van der Waals surface area contributed by atoms with E-state index < -0.39 is 17.8 Å². The van der Waals surface area contributed by atoms with Gasteiger partial charge in [0.05, 0.1) is 16.9 Å². The van der Waals surface area contributed by atoms with Crippen LogP contribution in [0.25, 0.3) is 0 Å². The summed E-state index contributed by atoms with van der Waals surface area (Å²) in [5.74, 6) is 0.0291. The van der Waals surface area contributed by atoms with Crippen LogP contribution >= 0.6 is 0 Å². The fourth-order valence-corrected chi connectivity index (χ4v) is 3.36. The minimum Gasteiger partial charge on any atom is -0.357 e. The smallest absolute Gasteiger partial charge is 0.357 e. The molecule has 0 fully saturated rings. The number of hydrogen-bond acceptors (Lipinski definition) is 3. The number of rotatable bonds is 4. The zero-order valence-corrected chi connectivity index (χ0v) is 16.6. The zero-order chi connectivity index (χ0) is 21.9. The van der Waals surface area contributed by atoms with Gasteiger partial charge in [-0.3, -0.25) is 4.79 Å². The first kappa shape index (κ1) is 21.4. The van der Waals surface area contributed by atoms with Crippen LogP contribution in [0.2, 0.25) is 0 Å². The second kappa shape index (κ2) is 8.22. The first-order chi connectivity index (χ1) is 14.0. The summed E-state index contributed by atoms with van der Waals surface area (Å²) >= 11 is 0. The van der Waals surface area contributed by atoms with Crippen molar-refractivity contribution in [2.24, 2.45) is 5.41 Å². The molecule has 0 radical (unpaired) electrons. The number of allylic oxidation sites excluding steroid dienone is 2. The lowest BCUT2D eigenvalue weighted by Crippen LogP contribution is -2.25. The number of benzene rings is 2. The van der Waals surface area contributed by atoms with E-state index in [0.717, 1.165) is 17.8 Å². The van der Waals surface area contributed by atoms with Gasteiger partial charge in [-0.15, -0.1) is 0 Å². The second-order valence-electron chi connectivity index (χ2n) is 7.98. The largest absolute Gasteiger partial charge is 0.416 e. The van der Waals surface area contributed by atoms with Crippen LogP contribution in [0.3, 0.4) is 0 Å². The van der Waals surface area contributed by atoms with E-state index in [2.05, 4.69) is 16.0 Å². The lowest BCUT2D eigenvalue weighted by Gasteiger charge is -2.29. The molecule has 0 aliphatic heterocycles. The molecule has 2 amide bonds. The standard InChI is InChI=1S/C22H22F3N3O2/c1-21(2)12-16(11-17(29)13-21)26-18-8-3-4-9-19(18)28-20(30)27-15-7-5-6-14(10-15)22(23,24)25/h3-11,26H,12-13H2,1-2H3,(H2,27,28,30). The van der Waals surface area contributed by atoms with Gasteiger partial charge in [-0.1, -0.05) is 32.0 Å². The van der Waals surface area contributed by atoms with E-state index >= 15 is 0 Å². The van der Waals surface area contributed by atoms with Gasteiger partial charge in [0.15, 0.2) is 5.78 Å². The molecule has 5 nitrogen and oxygen atoms in total. The van der Waals surface area contributed by atoms with Gasteiger partial charge in [0.25, 0.3) is 0 Å². The van der Waals surface area contributed by atoms with Crippen molar-refractivity contribution in [3.8, 4) is 0 Å². The van der Waals surface area contributed by atoms with E-state index in [1.807, 2.05) is 13.8 Å². The van der Waals surface area contributed by atoms with Gasteiger partial charge in [0, 0.05) is 23.9 Å². The highest BCUT2D eigenvalue weighted by atomic mass is 19.4. The molecule has 1 aliphatic carbocycles. The Hall–Kier alpha value is -3.29. The predicted octanol–water partition coefficient (Wildman–Crippen LogP) is 6.03. The molecule has 2 aromatic carbocycles. The third kappa shape index (κ3) is 5.62. The van der Waals surface area contributed by atoms with Gasteiger partial charge < -0.3 is 16.0 Å². The lowest BCUT2D eigenvalue weighted by molar-refractivity contribution is -0.137. The van der Waals surface area contributed by atoms with E-state index in [-0.39, 0.29) is 16.9 Å². The number of para-hydroxylation sites is 2. The van der Waals surface area contributed by atoms with Gasteiger partial charge in [-0.2, -0.15) is 13.2 Å². The molecule has 1 aliphatic rings. The van der Waals surface area contributed by atoms with Crippen LogP contribution in [-0.2, 0) is 11.0 Å². The number of ketones is 1. The molecule has 2 aromatic rings. The van der Waals surface area contributed by atoms with Gasteiger partial charge in [0.2, 0.25) is 0 Å². The van der Waals surface area contributed by atoms with Gasteiger partial charge >= 0.3 is 12.2 Å². The van der Waals surface area contributed by atoms with Gasteiger partial charge in [-0.05, 0) is 42.2 Å². The van der Waals surface area contributed by atoms with Crippen molar-refractivity contribution in [2.45, 2.75) is 32.9 Å². The number of carbonyl (C=O) groups is 2. The minimum atomic E-state index is -4.50. The molecule has 3 N–H and O–H groups in total. The second-order valence-corrected chi connectivity index (χ2v) is 7.98. The van der Waals surface area contributed by atoms with Crippen LogP contribution < -0.4 is 16.0 Å². The van der Waals surface area contributed by atoms with Crippen LogP contribution in [-0.4, -0.2) is 11.8 Å². The summed E-state index contributed by atoms with van der Waals surface area (Å²) in [7, 11) is 0. The third-order valence-corrected chi connectivity index (χ3v) is 4.58. The van der Waals surface area contributed by atoms with Crippen LogP contribution in [0.1, 0.15) is 32.3 Å². The molecule has 158 valence electrons. The topological polar surface area (TPSA) is 70.2 Å². The summed E-state index contributed by atoms with van der Waals surface area (Å²) < 4.78 is 38.5. The molecule has 0 heterocycles. The first-order valence-corrected chi connectivity index (χ1v) is 9.37. The van der Waals surface area contributed by atoms with Crippen molar-refractivity contribution >= 4 is 28.9 Å². The van der Waals surface area contributed by atoms with Crippen LogP contribution in [0.5, 0.6) is 0 Å². The Labute approximate surface area is 172 Å². The summed E-state index contributed by atoms with van der Waals surface area (Å²) in [6, 6.07) is 10.6. The van der Waals surface area contributed by atoms with E-state index in [1.54, 1.807) is 30.3 Å². The Morgan fingerprint density at radius 2 is 1.67 bits per heavy atom. The Balaban J connectivity index is 1.72. The maximum atomic E-state index is 12.8. The van der Waals surface area contributed by atoms with E-state index in [4.69, 9.17) is 0 Å². The first-order valence-electron chi connectivity index (χ1n) is 9.37. The number of nitrogens with one attached hydrogen (secondary N) is 3. The highest BCUT2D eigenvalue weighted by Crippen LogP contribution is 2.35. The fraction of sp³-hybridized carbons (Fsp3) is 0.273. The highest BCUT2D eigenvalue weighted by molar-refractivity contribution is 6.02. The molecular weight excluding hydrogens is 395 g/mol. The predicted molar refractivity (Wildman–Crippen MR) is 110 cm³/mol. The lowest BCUT2D eigenvalue weighted by atomic mass is 9.79. The van der Waals surface area contributed by atoms with Crippen LogP contribution in [0.15, 0.2) is 60.3 Å². The summed E-state index contributed by atoms with van der Waals surface area (Å²) in [5.41, 5.74) is 0.752. The molecule has 0 saturated heterocycles. The summed E-state index contributed by atoms with van der Waals surface area (Å²) in [5, 5.41) is 8.22. The Bertz CT molecular complexity index is 997. The molecule has 3 rings (SSSR count). The van der Waals surface area contributed by atoms with E-state index in [9.17, 15) is 22.8 Å². The summed E-state index contributed by atoms with van der Waals surface area (Å²) in [6.45, 7) is 4.01. The quantitative estimate of drug-likeness (QED) is 0.568. The molecule has 0 bridgehead atoms. The maximum Gasteiger partial charge on any atom is 0.416 e. The highest BCUT2D eigenvalue weighted by Gasteiger charge is 2.30. The number of urea groups is 1. The fourth-order valence-electron chi connectivity index (χ4n) is 3.36. The molecule has 0 aromatic heterocycles. The number of halogens is 3. The Morgan fingerprint density at radius 1 is 0.967 bits per heavy atom. The third-order valence-electron chi connectivity index (χ3n) is 4.58. The van der Waals surface area contributed by atoms with Gasteiger partial charge in [-0.25, -0.2) is 4.79 Å². The van der Waals surface area contributed by atoms with Crippen molar-refractivity contribution in [1.82, 2.24) is 0 Å². The van der Waals surface area contributed by atoms with Crippen LogP contribution in [0, 0.1) is 5.41 Å². The monoisotopic (exact) mass is 417 g/mol. The van der Waals surface area contributed by atoms with E-state index in [0.29, 0.717) is 24.2 Å². The van der Waals surface area contributed by atoms with Crippen molar-refractivity contribution < 1.29 is 22.8 Å². The van der Waals surface area contributed by atoms with E-state index in [1.165, 1.54) is 12.1 Å². The van der Waals surface area contributed by atoms with Crippen molar-refractivity contribution in [2.75, 3.05) is 16.0 Å². The average molecular weight is 417 g/mol. The number of amides is 2. The number of hydrogen-bond donors (Lipinski definition) is 3. The van der Waals surface area contributed by atoms with Crippen molar-refractivity contribution in [3.63, 3.8) is 0 Å². The van der Waals surface area contributed by atoms with Crippen molar-refractivity contribution in [1.29, 1.82) is 0 Å². The molecule has 0 saturated carbocycles. The van der Waals surface area contributed by atoms with Gasteiger partial charge in [0.1, 0.15) is 0 Å². The van der Waals surface area contributed by atoms with Crippen molar-refractivity contribution in [3.05, 3.63) is 65.9 Å². The Morgan fingerprint density at radius 3 is 2.33 bits per heavy atom. The number of carbonyl (C=O) groups excluding carboxylic acids is 2. The molecule has 0 spiro atoms. The summed E-state index contributed by atoms with van der Waals surface area (Å²) in [4.78, 5) is 24.3.